The Morgan fingerprint density at radius 2 is 1.79 bits per heavy atom. The van der Waals surface area contributed by atoms with Crippen molar-refractivity contribution in [1.82, 2.24) is 9.38 Å². The standard InChI is InChI=1S/C18H13F3N2O/c1-10-15-13(8-5-9-14(15)24-2)23-16(10)11-6-3-4-7-12(11)22-17(23)18(19,20)21/h3-9H,1-2H3. The number of nitrogens with zero attached hydrogens (tertiary/aromatic N) is 2. The Morgan fingerprint density at radius 1 is 1.04 bits per heavy atom. The number of halogens is 3. The highest BCUT2D eigenvalue weighted by Crippen LogP contribution is 2.40. The van der Waals surface area contributed by atoms with Gasteiger partial charge in [-0.1, -0.05) is 24.3 Å². The summed E-state index contributed by atoms with van der Waals surface area (Å²) in [6, 6.07) is 12.0. The Morgan fingerprint density at radius 3 is 2.50 bits per heavy atom. The van der Waals surface area contributed by atoms with Gasteiger partial charge in [-0.3, -0.25) is 4.40 Å². The minimum atomic E-state index is -4.57. The number of alkyl halides is 3. The number of para-hydroxylation sites is 1. The van der Waals surface area contributed by atoms with E-state index in [9.17, 15) is 13.2 Å². The minimum absolute atomic E-state index is 0.321. The average molecular weight is 330 g/mol. The minimum Gasteiger partial charge on any atom is -0.496 e. The molecule has 0 bridgehead atoms. The van der Waals surface area contributed by atoms with Crippen molar-refractivity contribution in [3.05, 3.63) is 53.9 Å². The van der Waals surface area contributed by atoms with E-state index in [1.165, 1.54) is 11.5 Å². The first kappa shape index (κ1) is 14.8. The molecule has 0 atom stereocenters. The number of ether oxygens (including phenoxy) is 1. The second kappa shape index (κ2) is 4.87. The maximum Gasteiger partial charge on any atom is 0.450 e. The predicted octanol–water partition coefficient (Wildman–Crippen LogP) is 4.98. The summed E-state index contributed by atoms with van der Waals surface area (Å²) in [5.74, 6) is -0.381. The van der Waals surface area contributed by atoms with Gasteiger partial charge >= 0.3 is 6.18 Å². The molecular weight excluding hydrogens is 317 g/mol. The fraction of sp³-hybridized carbons (Fsp3) is 0.167. The van der Waals surface area contributed by atoms with E-state index in [1.807, 2.05) is 6.92 Å². The fourth-order valence-electron chi connectivity index (χ4n) is 3.33. The molecule has 2 heterocycles. The summed E-state index contributed by atoms with van der Waals surface area (Å²) in [5, 5.41) is 1.35. The number of aromatic nitrogens is 2. The van der Waals surface area contributed by atoms with Crippen LogP contribution in [0.3, 0.4) is 0 Å². The van der Waals surface area contributed by atoms with Gasteiger partial charge in [0.2, 0.25) is 5.82 Å². The van der Waals surface area contributed by atoms with Crippen LogP contribution in [0.2, 0.25) is 0 Å². The summed E-state index contributed by atoms with van der Waals surface area (Å²) < 4.78 is 47.5. The molecule has 3 nitrogen and oxygen atoms in total. The van der Waals surface area contributed by atoms with E-state index in [0.29, 0.717) is 33.1 Å². The van der Waals surface area contributed by atoms with Crippen molar-refractivity contribution in [1.29, 1.82) is 0 Å². The van der Waals surface area contributed by atoms with E-state index < -0.39 is 12.0 Å². The summed E-state index contributed by atoms with van der Waals surface area (Å²) >= 11 is 0. The van der Waals surface area contributed by atoms with E-state index >= 15 is 0 Å². The molecule has 0 aliphatic carbocycles. The van der Waals surface area contributed by atoms with Crippen molar-refractivity contribution in [2.75, 3.05) is 7.11 Å². The number of benzene rings is 2. The van der Waals surface area contributed by atoms with Crippen molar-refractivity contribution in [2.24, 2.45) is 0 Å². The lowest BCUT2D eigenvalue weighted by Crippen LogP contribution is -2.14. The highest BCUT2D eigenvalue weighted by Gasteiger charge is 2.37. The first-order valence-corrected chi connectivity index (χ1v) is 7.37. The van der Waals surface area contributed by atoms with Crippen molar-refractivity contribution >= 4 is 27.3 Å². The molecule has 122 valence electrons. The third kappa shape index (κ3) is 1.89. The van der Waals surface area contributed by atoms with Gasteiger partial charge in [-0.2, -0.15) is 13.2 Å². The molecule has 24 heavy (non-hydrogen) atoms. The summed E-state index contributed by atoms with van der Waals surface area (Å²) in [5.41, 5.74) is 2.01. The Balaban J connectivity index is 2.38. The molecule has 0 amide bonds. The van der Waals surface area contributed by atoms with Crippen LogP contribution in [0.5, 0.6) is 5.75 Å². The molecule has 0 saturated heterocycles. The molecule has 0 N–H and O–H groups in total. The van der Waals surface area contributed by atoms with E-state index in [2.05, 4.69) is 4.98 Å². The van der Waals surface area contributed by atoms with Crippen LogP contribution in [0.25, 0.3) is 27.3 Å². The lowest BCUT2D eigenvalue weighted by atomic mass is 10.1. The highest BCUT2D eigenvalue weighted by molar-refractivity contribution is 6.06. The molecule has 4 aromatic rings. The van der Waals surface area contributed by atoms with Crippen LogP contribution >= 0.6 is 0 Å². The number of hydrogen-bond donors (Lipinski definition) is 0. The number of rotatable bonds is 1. The molecule has 2 aromatic carbocycles. The number of aryl methyl sites for hydroxylation is 1. The van der Waals surface area contributed by atoms with Crippen LogP contribution in [-0.4, -0.2) is 16.5 Å². The summed E-state index contributed by atoms with van der Waals surface area (Å²) in [4.78, 5) is 3.89. The first-order chi connectivity index (χ1) is 11.4. The molecule has 0 unspecified atom stereocenters. The Hall–Kier alpha value is -2.76. The lowest BCUT2D eigenvalue weighted by molar-refractivity contribution is -0.145. The van der Waals surface area contributed by atoms with Crippen molar-refractivity contribution in [2.45, 2.75) is 13.1 Å². The van der Waals surface area contributed by atoms with E-state index in [-0.39, 0.29) is 0 Å². The predicted molar refractivity (Wildman–Crippen MR) is 86.5 cm³/mol. The zero-order valence-electron chi connectivity index (χ0n) is 13.0. The van der Waals surface area contributed by atoms with Crippen LogP contribution in [0.15, 0.2) is 42.5 Å². The van der Waals surface area contributed by atoms with Gasteiger partial charge in [0.15, 0.2) is 0 Å². The van der Waals surface area contributed by atoms with E-state index in [4.69, 9.17) is 4.74 Å². The molecule has 0 saturated carbocycles. The van der Waals surface area contributed by atoms with Gasteiger partial charge in [0, 0.05) is 10.8 Å². The topological polar surface area (TPSA) is 26.5 Å². The molecule has 6 heteroatoms. The number of methoxy groups -OCH3 is 1. The molecule has 0 fully saturated rings. The van der Waals surface area contributed by atoms with Crippen LogP contribution in [0.1, 0.15) is 11.4 Å². The van der Waals surface area contributed by atoms with Gasteiger partial charge in [0.1, 0.15) is 5.75 Å². The first-order valence-electron chi connectivity index (χ1n) is 7.37. The summed E-state index contributed by atoms with van der Waals surface area (Å²) in [7, 11) is 1.51. The second-order valence-corrected chi connectivity index (χ2v) is 5.61. The summed E-state index contributed by atoms with van der Waals surface area (Å²) in [6.45, 7) is 1.81. The Bertz CT molecular complexity index is 1100. The molecule has 0 aliphatic rings. The van der Waals surface area contributed by atoms with Gasteiger partial charge in [-0.15, -0.1) is 0 Å². The largest absolute Gasteiger partial charge is 0.496 e. The van der Waals surface area contributed by atoms with Crippen LogP contribution in [-0.2, 0) is 6.18 Å². The normalized spacial score (nSPS) is 12.4. The van der Waals surface area contributed by atoms with Crippen LogP contribution in [0, 0.1) is 6.92 Å². The third-order valence-electron chi connectivity index (χ3n) is 4.27. The Labute approximate surface area is 135 Å². The zero-order chi connectivity index (χ0) is 17.1. The van der Waals surface area contributed by atoms with Crippen LogP contribution in [0.4, 0.5) is 13.2 Å². The molecule has 0 aliphatic heterocycles. The van der Waals surface area contributed by atoms with Crippen molar-refractivity contribution in [3.8, 4) is 5.75 Å². The van der Waals surface area contributed by atoms with Gasteiger partial charge in [0.05, 0.1) is 23.7 Å². The third-order valence-corrected chi connectivity index (χ3v) is 4.27. The van der Waals surface area contributed by atoms with E-state index in [0.717, 1.165) is 5.56 Å². The maximum absolute atomic E-state index is 13.7. The van der Waals surface area contributed by atoms with Gasteiger partial charge in [0.25, 0.3) is 0 Å². The SMILES string of the molecule is COc1cccc2c1c(C)c1c3ccccc3nc(C(F)(F)F)n21. The van der Waals surface area contributed by atoms with Crippen molar-refractivity contribution < 1.29 is 17.9 Å². The molecule has 2 aromatic heterocycles. The summed E-state index contributed by atoms with van der Waals surface area (Å²) in [6.07, 6.45) is -4.57. The second-order valence-electron chi connectivity index (χ2n) is 5.61. The fourth-order valence-corrected chi connectivity index (χ4v) is 3.33. The average Bonchev–Trinajstić information content (AvgIpc) is 2.87. The maximum atomic E-state index is 13.7. The molecule has 0 spiro atoms. The van der Waals surface area contributed by atoms with E-state index in [1.54, 1.807) is 42.5 Å². The number of fused-ring (bicyclic) bond motifs is 5. The van der Waals surface area contributed by atoms with Gasteiger partial charge in [-0.25, -0.2) is 4.98 Å². The quantitative estimate of drug-likeness (QED) is 0.492. The van der Waals surface area contributed by atoms with Crippen molar-refractivity contribution in [3.63, 3.8) is 0 Å². The zero-order valence-corrected chi connectivity index (χ0v) is 13.0. The monoisotopic (exact) mass is 330 g/mol. The van der Waals surface area contributed by atoms with Gasteiger partial charge in [-0.05, 0) is 30.7 Å². The smallest absolute Gasteiger partial charge is 0.450 e. The Kier molecular flexibility index (Phi) is 3.00. The van der Waals surface area contributed by atoms with Gasteiger partial charge < -0.3 is 4.74 Å². The molecule has 4 rings (SSSR count). The lowest BCUT2D eigenvalue weighted by Gasteiger charge is -2.12. The molecular formula is C18H13F3N2O. The number of hydrogen-bond acceptors (Lipinski definition) is 2. The molecule has 0 radical (unpaired) electrons. The highest BCUT2D eigenvalue weighted by atomic mass is 19.4. The van der Waals surface area contributed by atoms with Crippen LogP contribution < -0.4 is 4.74 Å².